The number of nitrogens with zero attached hydrogens (tertiary/aromatic N) is 3. The van der Waals surface area contributed by atoms with E-state index in [1.54, 1.807) is 17.9 Å². The molecule has 0 atom stereocenters. The number of aromatic nitrogens is 2. The third-order valence-electron chi connectivity index (χ3n) is 3.74. The minimum Gasteiger partial charge on any atom is -0.356 e. The van der Waals surface area contributed by atoms with Crippen molar-refractivity contribution in [3.05, 3.63) is 53.9 Å². The summed E-state index contributed by atoms with van der Waals surface area (Å²) in [5.41, 5.74) is 1.86. The van der Waals surface area contributed by atoms with E-state index in [0.29, 0.717) is 25.5 Å². The Labute approximate surface area is 149 Å². The Balaban J connectivity index is 1.71. The summed E-state index contributed by atoms with van der Waals surface area (Å²) >= 11 is 0. The van der Waals surface area contributed by atoms with Gasteiger partial charge in [-0.05, 0) is 18.1 Å². The van der Waals surface area contributed by atoms with Crippen molar-refractivity contribution < 1.29 is 8.42 Å². The van der Waals surface area contributed by atoms with Gasteiger partial charge in [-0.1, -0.05) is 30.3 Å². The summed E-state index contributed by atoms with van der Waals surface area (Å²) in [4.78, 5) is 4.13. The van der Waals surface area contributed by atoms with Crippen LogP contribution in [0.15, 0.2) is 47.6 Å². The monoisotopic (exact) mass is 363 g/mol. The van der Waals surface area contributed by atoms with E-state index in [4.69, 9.17) is 0 Å². The number of hydrogen-bond acceptors (Lipinski definition) is 4. The van der Waals surface area contributed by atoms with Crippen LogP contribution < -0.4 is 10.6 Å². The Morgan fingerprint density at radius 3 is 2.60 bits per heavy atom. The molecule has 0 unspecified atom stereocenters. The van der Waals surface area contributed by atoms with Crippen LogP contribution in [0.1, 0.15) is 17.7 Å². The maximum atomic E-state index is 12.1. The van der Waals surface area contributed by atoms with Crippen LogP contribution in [0.2, 0.25) is 0 Å². The Morgan fingerprint density at radius 1 is 1.20 bits per heavy atom. The number of guanidine groups is 1. The van der Waals surface area contributed by atoms with Gasteiger partial charge in [-0.25, -0.2) is 8.42 Å². The van der Waals surface area contributed by atoms with Crippen LogP contribution in [0.25, 0.3) is 0 Å². The molecule has 0 aliphatic heterocycles. The first kappa shape index (κ1) is 19.0. The molecule has 0 amide bonds. The van der Waals surface area contributed by atoms with E-state index in [2.05, 4.69) is 20.7 Å². The number of rotatable bonds is 8. The van der Waals surface area contributed by atoms with Gasteiger partial charge in [0.25, 0.3) is 0 Å². The smallest absolute Gasteiger partial charge is 0.191 e. The molecule has 7 nitrogen and oxygen atoms in total. The van der Waals surface area contributed by atoms with Gasteiger partial charge in [0, 0.05) is 26.8 Å². The number of sulfone groups is 1. The lowest BCUT2D eigenvalue weighted by molar-refractivity contribution is 0.591. The predicted molar refractivity (Wildman–Crippen MR) is 100.0 cm³/mol. The van der Waals surface area contributed by atoms with Crippen molar-refractivity contribution in [1.82, 2.24) is 20.4 Å². The van der Waals surface area contributed by atoms with Crippen molar-refractivity contribution >= 4 is 15.8 Å². The van der Waals surface area contributed by atoms with E-state index in [1.807, 2.05) is 43.4 Å². The molecule has 0 bridgehead atoms. The third-order valence-corrected chi connectivity index (χ3v) is 5.42. The highest BCUT2D eigenvalue weighted by Gasteiger charge is 2.11. The zero-order valence-electron chi connectivity index (χ0n) is 14.6. The van der Waals surface area contributed by atoms with E-state index in [1.165, 1.54) is 0 Å². The minimum absolute atomic E-state index is 0.0846. The normalized spacial score (nSPS) is 12.2. The van der Waals surface area contributed by atoms with Gasteiger partial charge >= 0.3 is 0 Å². The van der Waals surface area contributed by atoms with Crippen molar-refractivity contribution in [2.75, 3.05) is 19.3 Å². The highest BCUT2D eigenvalue weighted by molar-refractivity contribution is 7.90. The van der Waals surface area contributed by atoms with Gasteiger partial charge in [-0.15, -0.1) is 0 Å². The maximum Gasteiger partial charge on any atom is 0.191 e. The van der Waals surface area contributed by atoms with Gasteiger partial charge in [0.15, 0.2) is 15.8 Å². The second-order valence-corrected chi connectivity index (χ2v) is 7.91. The highest BCUT2D eigenvalue weighted by atomic mass is 32.2. The third kappa shape index (κ3) is 6.58. The summed E-state index contributed by atoms with van der Waals surface area (Å²) in [7, 11) is 0.460. The quantitative estimate of drug-likeness (QED) is 0.416. The lowest BCUT2D eigenvalue weighted by Gasteiger charge is -2.12. The number of aliphatic imine (C=N–C) groups is 1. The zero-order chi connectivity index (χ0) is 18.1. The molecular weight excluding hydrogens is 338 g/mol. The summed E-state index contributed by atoms with van der Waals surface area (Å²) in [5, 5.41) is 10.4. The van der Waals surface area contributed by atoms with Crippen LogP contribution in [0.4, 0.5) is 0 Å². The Hall–Kier alpha value is -2.35. The fourth-order valence-electron chi connectivity index (χ4n) is 2.37. The second-order valence-electron chi connectivity index (χ2n) is 5.73. The summed E-state index contributed by atoms with van der Waals surface area (Å²) < 4.78 is 26.1. The van der Waals surface area contributed by atoms with Crippen LogP contribution in [-0.4, -0.2) is 43.5 Å². The minimum atomic E-state index is -3.10. The van der Waals surface area contributed by atoms with E-state index in [-0.39, 0.29) is 11.5 Å². The fraction of sp³-hybridized carbons (Fsp3) is 0.412. The van der Waals surface area contributed by atoms with Crippen LogP contribution >= 0.6 is 0 Å². The molecule has 0 saturated carbocycles. The van der Waals surface area contributed by atoms with Gasteiger partial charge < -0.3 is 10.6 Å². The van der Waals surface area contributed by atoms with Crippen LogP contribution in [-0.2, 0) is 29.2 Å². The number of hydrogen-bond donors (Lipinski definition) is 2. The van der Waals surface area contributed by atoms with Crippen molar-refractivity contribution in [1.29, 1.82) is 0 Å². The number of aryl methyl sites for hydroxylation is 1. The first-order valence-electron chi connectivity index (χ1n) is 8.16. The molecule has 0 aliphatic carbocycles. The molecule has 0 radical (unpaired) electrons. The standard InChI is InChI=1S/C17H25N5O2S/c1-18-17(20-13-16-9-11-21-22(16)2)19-10-6-12-25(23,24)14-15-7-4-3-5-8-15/h3-5,7-9,11H,6,10,12-14H2,1-2H3,(H2,18,19,20). The fourth-order valence-corrected chi connectivity index (χ4v) is 3.80. The van der Waals surface area contributed by atoms with E-state index < -0.39 is 9.84 Å². The molecule has 0 spiro atoms. The molecule has 25 heavy (non-hydrogen) atoms. The molecule has 2 rings (SSSR count). The van der Waals surface area contributed by atoms with Gasteiger partial charge in [-0.2, -0.15) is 5.10 Å². The average molecular weight is 363 g/mol. The summed E-state index contributed by atoms with van der Waals surface area (Å²) in [6.45, 7) is 1.14. The molecular formula is C17H25N5O2S. The molecule has 2 aromatic rings. The molecule has 0 fully saturated rings. The first-order chi connectivity index (χ1) is 12.0. The van der Waals surface area contributed by atoms with Crippen molar-refractivity contribution in [2.24, 2.45) is 12.0 Å². The summed E-state index contributed by atoms with van der Waals surface area (Å²) in [6.07, 6.45) is 2.27. The molecule has 0 aliphatic rings. The SMILES string of the molecule is CN=C(NCCCS(=O)(=O)Cc1ccccc1)NCc1ccnn1C. The Morgan fingerprint density at radius 2 is 1.96 bits per heavy atom. The largest absolute Gasteiger partial charge is 0.356 e. The van der Waals surface area contributed by atoms with Crippen molar-refractivity contribution in [2.45, 2.75) is 18.7 Å². The molecule has 8 heteroatoms. The van der Waals surface area contributed by atoms with Gasteiger partial charge in [-0.3, -0.25) is 9.67 Å². The first-order valence-corrected chi connectivity index (χ1v) is 9.98. The van der Waals surface area contributed by atoms with E-state index in [9.17, 15) is 8.42 Å². The molecule has 1 aromatic carbocycles. The molecule has 2 N–H and O–H groups in total. The van der Waals surface area contributed by atoms with E-state index in [0.717, 1.165) is 11.3 Å². The number of benzene rings is 1. The average Bonchev–Trinajstić information content (AvgIpc) is 3.00. The second kappa shape index (κ2) is 9.22. The maximum absolute atomic E-state index is 12.1. The predicted octanol–water partition coefficient (Wildman–Crippen LogP) is 1.09. The van der Waals surface area contributed by atoms with Gasteiger partial charge in [0.2, 0.25) is 0 Å². The van der Waals surface area contributed by atoms with Crippen LogP contribution in [0, 0.1) is 0 Å². The van der Waals surface area contributed by atoms with Crippen molar-refractivity contribution in [3.8, 4) is 0 Å². The molecule has 1 aromatic heterocycles. The molecule has 1 heterocycles. The van der Waals surface area contributed by atoms with Gasteiger partial charge in [0.05, 0.1) is 23.7 Å². The lowest BCUT2D eigenvalue weighted by atomic mass is 10.2. The molecule has 0 saturated heterocycles. The molecule has 136 valence electrons. The van der Waals surface area contributed by atoms with Gasteiger partial charge in [0.1, 0.15) is 0 Å². The Kier molecular flexibility index (Phi) is 7.00. The van der Waals surface area contributed by atoms with Crippen LogP contribution in [0.5, 0.6) is 0 Å². The summed E-state index contributed by atoms with van der Waals surface area (Å²) in [6, 6.07) is 11.2. The Bertz CT molecular complexity index is 784. The zero-order valence-corrected chi connectivity index (χ0v) is 15.5. The van der Waals surface area contributed by atoms with E-state index >= 15 is 0 Å². The lowest BCUT2D eigenvalue weighted by Crippen LogP contribution is -2.38. The topological polar surface area (TPSA) is 88.4 Å². The van der Waals surface area contributed by atoms with Crippen molar-refractivity contribution in [3.63, 3.8) is 0 Å². The highest BCUT2D eigenvalue weighted by Crippen LogP contribution is 2.06. The van der Waals surface area contributed by atoms with Crippen LogP contribution in [0.3, 0.4) is 0 Å². The summed E-state index contributed by atoms with van der Waals surface area (Å²) in [5.74, 6) is 0.871. The number of nitrogens with one attached hydrogen (secondary N) is 2.